The Hall–Kier alpha value is -3.16. The number of carbonyl (C=O) groups is 1. The van der Waals surface area contributed by atoms with Gasteiger partial charge in [-0.05, 0) is 68.8 Å². The molecule has 176 valence electrons. The van der Waals surface area contributed by atoms with Gasteiger partial charge >= 0.3 is 0 Å². The van der Waals surface area contributed by atoms with Gasteiger partial charge in [0.25, 0.3) is 5.91 Å². The monoisotopic (exact) mass is 473 g/mol. The lowest BCUT2D eigenvalue weighted by atomic mass is 10.1. The van der Waals surface area contributed by atoms with Crippen LogP contribution in [0.5, 0.6) is 0 Å². The summed E-state index contributed by atoms with van der Waals surface area (Å²) in [6.07, 6.45) is 6.66. The van der Waals surface area contributed by atoms with Crippen LogP contribution < -0.4 is 10.2 Å². The predicted octanol–water partition coefficient (Wildman–Crippen LogP) is 4.73. The Morgan fingerprint density at radius 3 is 2.79 bits per heavy atom. The Morgan fingerprint density at radius 2 is 2.00 bits per heavy atom. The average molecular weight is 474 g/mol. The number of aryl methyl sites for hydroxylation is 1. The summed E-state index contributed by atoms with van der Waals surface area (Å²) in [6.45, 7) is 9.23. The van der Waals surface area contributed by atoms with Gasteiger partial charge in [0.15, 0.2) is 0 Å². The second-order valence-electron chi connectivity index (χ2n) is 9.02. The molecule has 1 aliphatic heterocycles. The standard InChI is InChI=1S/C27H31N5OS/c1-20-8-5-9-22(18-20)32-17-16-30(19-21(32)2)13-7-12-28-26(33)25-24(31-14-3-4-15-31)23-10-6-11-29-27(23)34-25/h3-6,8-11,14-15,18,21H,7,12-13,16-17,19H2,1-2H3,(H,28,33)/t21-/m0/s1. The smallest absolute Gasteiger partial charge is 0.263 e. The van der Waals surface area contributed by atoms with Gasteiger partial charge in [-0.25, -0.2) is 4.98 Å². The van der Waals surface area contributed by atoms with Gasteiger partial charge < -0.3 is 14.8 Å². The number of aromatic nitrogens is 2. The second kappa shape index (κ2) is 9.99. The molecule has 7 heteroatoms. The van der Waals surface area contributed by atoms with Crippen molar-refractivity contribution in [3.05, 3.63) is 77.6 Å². The van der Waals surface area contributed by atoms with E-state index in [1.165, 1.54) is 22.6 Å². The van der Waals surface area contributed by atoms with Crippen molar-refractivity contribution in [3.63, 3.8) is 0 Å². The second-order valence-corrected chi connectivity index (χ2v) is 10.0. The molecule has 1 aliphatic rings. The van der Waals surface area contributed by atoms with Crippen LogP contribution in [0.25, 0.3) is 15.9 Å². The van der Waals surface area contributed by atoms with Gasteiger partial charge in [-0.15, -0.1) is 11.3 Å². The Kier molecular flexibility index (Phi) is 6.65. The molecule has 4 aromatic rings. The van der Waals surface area contributed by atoms with E-state index in [2.05, 4.69) is 58.2 Å². The summed E-state index contributed by atoms with van der Waals surface area (Å²) in [6, 6.07) is 17.1. The van der Waals surface area contributed by atoms with Crippen LogP contribution in [-0.2, 0) is 0 Å². The van der Waals surface area contributed by atoms with E-state index in [0.717, 1.165) is 48.5 Å². The van der Waals surface area contributed by atoms with E-state index in [4.69, 9.17) is 0 Å². The van der Waals surface area contributed by atoms with Crippen molar-refractivity contribution in [3.8, 4) is 5.69 Å². The van der Waals surface area contributed by atoms with E-state index in [1.807, 2.05) is 41.2 Å². The summed E-state index contributed by atoms with van der Waals surface area (Å²) in [7, 11) is 0. The first-order valence-corrected chi connectivity index (χ1v) is 12.8. The number of hydrogen-bond donors (Lipinski definition) is 1. The van der Waals surface area contributed by atoms with Crippen molar-refractivity contribution in [1.29, 1.82) is 0 Å². The number of nitrogens with one attached hydrogen (secondary N) is 1. The van der Waals surface area contributed by atoms with Crippen molar-refractivity contribution in [2.45, 2.75) is 26.3 Å². The van der Waals surface area contributed by atoms with Crippen LogP contribution in [0, 0.1) is 6.92 Å². The molecule has 4 heterocycles. The molecule has 1 N–H and O–H groups in total. The highest BCUT2D eigenvalue weighted by Crippen LogP contribution is 2.33. The first-order valence-electron chi connectivity index (χ1n) is 11.9. The van der Waals surface area contributed by atoms with Crippen molar-refractivity contribution in [2.75, 3.05) is 37.6 Å². The Bertz CT molecular complexity index is 1270. The Labute approximate surface area is 204 Å². The number of amides is 1. The first kappa shape index (κ1) is 22.6. The molecular formula is C27H31N5OS. The van der Waals surface area contributed by atoms with Crippen LogP contribution in [0.3, 0.4) is 0 Å². The highest BCUT2D eigenvalue weighted by molar-refractivity contribution is 7.21. The SMILES string of the molecule is Cc1cccc(N2CCN(CCCNC(=O)c3sc4ncccc4c3-n3cccc3)C[C@@H]2C)c1. The molecule has 1 amide bonds. The van der Waals surface area contributed by atoms with Crippen LogP contribution in [0.4, 0.5) is 5.69 Å². The van der Waals surface area contributed by atoms with E-state index < -0.39 is 0 Å². The fraction of sp³-hybridized carbons (Fsp3) is 0.333. The van der Waals surface area contributed by atoms with Crippen LogP contribution >= 0.6 is 11.3 Å². The molecule has 0 aliphatic carbocycles. The number of benzene rings is 1. The van der Waals surface area contributed by atoms with Crippen molar-refractivity contribution >= 4 is 33.1 Å². The summed E-state index contributed by atoms with van der Waals surface area (Å²) in [5, 5.41) is 4.16. The molecule has 6 nitrogen and oxygen atoms in total. The fourth-order valence-electron chi connectivity index (χ4n) is 4.82. The van der Waals surface area contributed by atoms with Crippen LogP contribution in [0.15, 0.2) is 67.1 Å². The number of nitrogens with zero attached hydrogens (tertiary/aromatic N) is 4. The first-order chi connectivity index (χ1) is 16.6. The summed E-state index contributed by atoms with van der Waals surface area (Å²) < 4.78 is 2.00. The molecule has 1 saturated heterocycles. The Balaban J connectivity index is 1.16. The number of carbonyl (C=O) groups excluding carboxylic acids is 1. The highest BCUT2D eigenvalue weighted by Gasteiger charge is 2.24. The van der Waals surface area contributed by atoms with E-state index in [-0.39, 0.29) is 5.91 Å². The lowest BCUT2D eigenvalue weighted by Crippen LogP contribution is -2.52. The van der Waals surface area contributed by atoms with Crippen LogP contribution in [0.2, 0.25) is 0 Å². The summed E-state index contributed by atoms with van der Waals surface area (Å²) >= 11 is 1.46. The predicted molar refractivity (Wildman–Crippen MR) is 140 cm³/mol. The minimum Gasteiger partial charge on any atom is -0.366 e. The van der Waals surface area contributed by atoms with Crippen molar-refractivity contribution in [1.82, 2.24) is 19.8 Å². The third-order valence-electron chi connectivity index (χ3n) is 6.49. The number of hydrogen-bond acceptors (Lipinski definition) is 5. The molecule has 3 aromatic heterocycles. The van der Waals surface area contributed by atoms with E-state index in [0.29, 0.717) is 17.5 Å². The summed E-state index contributed by atoms with van der Waals surface area (Å²) in [5.74, 6) is -0.0238. The third kappa shape index (κ3) is 4.72. The number of thiophene rings is 1. The molecule has 0 saturated carbocycles. The van der Waals surface area contributed by atoms with Gasteiger partial charge in [-0.1, -0.05) is 12.1 Å². The minimum atomic E-state index is -0.0238. The van der Waals surface area contributed by atoms with Gasteiger partial charge in [0.1, 0.15) is 9.71 Å². The molecule has 5 rings (SSSR count). The molecule has 0 radical (unpaired) electrons. The van der Waals surface area contributed by atoms with E-state index in [1.54, 1.807) is 6.20 Å². The van der Waals surface area contributed by atoms with Crippen molar-refractivity contribution < 1.29 is 4.79 Å². The molecule has 0 spiro atoms. The zero-order valence-electron chi connectivity index (χ0n) is 19.8. The maximum atomic E-state index is 13.1. The molecule has 0 unspecified atom stereocenters. The van der Waals surface area contributed by atoms with Gasteiger partial charge in [-0.3, -0.25) is 9.69 Å². The number of rotatable bonds is 7. The average Bonchev–Trinajstić information content (AvgIpc) is 3.49. The molecular weight excluding hydrogens is 442 g/mol. The number of fused-ring (bicyclic) bond motifs is 1. The zero-order valence-corrected chi connectivity index (χ0v) is 20.6. The largest absolute Gasteiger partial charge is 0.366 e. The summed E-state index contributed by atoms with van der Waals surface area (Å²) in [5.41, 5.74) is 3.53. The quantitative estimate of drug-likeness (QED) is 0.395. The topological polar surface area (TPSA) is 53.4 Å². The maximum Gasteiger partial charge on any atom is 0.263 e. The third-order valence-corrected chi connectivity index (χ3v) is 7.59. The Morgan fingerprint density at radius 1 is 1.15 bits per heavy atom. The van der Waals surface area contributed by atoms with Gasteiger partial charge in [0, 0.05) is 61.9 Å². The van der Waals surface area contributed by atoms with Gasteiger partial charge in [-0.2, -0.15) is 0 Å². The fourth-order valence-corrected chi connectivity index (χ4v) is 5.88. The molecule has 1 atom stereocenters. The minimum absolute atomic E-state index is 0.0238. The number of pyridine rings is 1. The lowest BCUT2D eigenvalue weighted by Gasteiger charge is -2.41. The normalized spacial score (nSPS) is 16.8. The highest BCUT2D eigenvalue weighted by atomic mass is 32.1. The number of anilines is 1. The van der Waals surface area contributed by atoms with E-state index >= 15 is 0 Å². The zero-order chi connectivity index (χ0) is 23.5. The van der Waals surface area contributed by atoms with Gasteiger partial charge in [0.05, 0.1) is 5.69 Å². The summed E-state index contributed by atoms with van der Waals surface area (Å²) in [4.78, 5) is 24.2. The van der Waals surface area contributed by atoms with E-state index in [9.17, 15) is 4.79 Å². The molecule has 34 heavy (non-hydrogen) atoms. The van der Waals surface area contributed by atoms with Crippen LogP contribution in [0.1, 0.15) is 28.6 Å². The van der Waals surface area contributed by atoms with Gasteiger partial charge in [0.2, 0.25) is 0 Å². The molecule has 0 bridgehead atoms. The van der Waals surface area contributed by atoms with Crippen LogP contribution in [-0.4, -0.2) is 59.1 Å². The van der Waals surface area contributed by atoms with Crippen molar-refractivity contribution in [2.24, 2.45) is 0 Å². The maximum absolute atomic E-state index is 13.1. The molecule has 1 fully saturated rings. The lowest BCUT2D eigenvalue weighted by molar-refractivity contribution is 0.0955. The number of piperazine rings is 1. The molecule has 1 aromatic carbocycles.